The van der Waals surface area contributed by atoms with Crippen LogP contribution >= 0.6 is 11.8 Å². The molecule has 2 aromatic heterocycles. The van der Waals surface area contributed by atoms with E-state index in [9.17, 15) is 14.4 Å². The molecule has 7 heteroatoms. The van der Waals surface area contributed by atoms with Gasteiger partial charge in [0.25, 0.3) is 5.56 Å². The Balaban J connectivity index is 2.24. The molecule has 24 heavy (non-hydrogen) atoms. The highest BCUT2D eigenvalue weighted by Crippen LogP contribution is 2.23. The van der Waals surface area contributed by atoms with Gasteiger partial charge in [0.1, 0.15) is 0 Å². The first-order chi connectivity index (χ1) is 11.2. The van der Waals surface area contributed by atoms with Crippen LogP contribution < -0.4 is 5.56 Å². The predicted octanol–water partition coefficient (Wildman–Crippen LogP) is 2.95. The van der Waals surface area contributed by atoms with Crippen molar-refractivity contribution in [2.75, 3.05) is 5.75 Å². The monoisotopic (exact) mass is 347 g/mol. The third-order valence-electron chi connectivity index (χ3n) is 3.76. The minimum absolute atomic E-state index is 0.0636. The molecule has 0 spiro atoms. The normalized spacial score (nSPS) is 11.1. The van der Waals surface area contributed by atoms with E-state index in [0.29, 0.717) is 27.7 Å². The van der Waals surface area contributed by atoms with E-state index in [0.717, 1.165) is 0 Å². The number of ketones is 2. The van der Waals surface area contributed by atoms with Crippen molar-refractivity contribution in [1.82, 2.24) is 14.5 Å². The summed E-state index contributed by atoms with van der Waals surface area (Å²) in [6, 6.07) is 1.54. The Morgan fingerprint density at radius 3 is 2.54 bits per heavy atom. The van der Waals surface area contributed by atoms with Gasteiger partial charge in [-0.2, -0.15) is 4.98 Å². The van der Waals surface area contributed by atoms with Crippen molar-refractivity contribution < 1.29 is 9.59 Å². The molecular weight excluding hydrogens is 326 g/mol. The zero-order valence-corrected chi connectivity index (χ0v) is 15.3. The molecule has 128 valence electrons. The van der Waals surface area contributed by atoms with E-state index in [4.69, 9.17) is 0 Å². The molecule has 1 N–H and O–H groups in total. The molecule has 0 saturated heterocycles. The first-order valence-corrected chi connectivity index (χ1v) is 8.66. The Labute approximate surface area is 144 Å². The maximum Gasteiger partial charge on any atom is 0.273 e. The predicted molar refractivity (Wildman–Crippen MR) is 94.2 cm³/mol. The van der Waals surface area contributed by atoms with Gasteiger partial charge in [-0.1, -0.05) is 11.8 Å². The summed E-state index contributed by atoms with van der Waals surface area (Å²) in [4.78, 5) is 42.7. The molecule has 0 radical (unpaired) electrons. The highest BCUT2D eigenvalue weighted by Gasteiger charge is 2.20. The lowest BCUT2D eigenvalue weighted by Gasteiger charge is -2.14. The van der Waals surface area contributed by atoms with E-state index >= 15 is 0 Å². The summed E-state index contributed by atoms with van der Waals surface area (Å²) in [6.07, 6.45) is 1.69. The molecule has 0 bridgehead atoms. The zero-order valence-electron chi connectivity index (χ0n) is 14.5. The second-order valence-corrected chi connectivity index (χ2v) is 6.88. The SMILES string of the molecule is CC(=O)c1c(C)[nH]c(C(=O)CSc2nc(=O)ccn2C(C)C)c1C. The molecule has 2 rings (SSSR count). The first-order valence-electron chi connectivity index (χ1n) is 7.67. The fraction of sp³-hybridized carbons (Fsp3) is 0.412. The van der Waals surface area contributed by atoms with E-state index in [1.54, 1.807) is 20.0 Å². The maximum absolute atomic E-state index is 12.5. The Morgan fingerprint density at radius 1 is 1.33 bits per heavy atom. The molecule has 0 unspecified atom stereocenters. The van der Waals surface area contributed by atoms with Crippen LogP contribution in [0.5, 0.6) is 0 Å². The summed E-state index contributed by atoms with van der Waals surface area (Å²) in [5, 5.41) is 0.513. The zero-order chi connectivity index (χ0) is 18.0. The van der Waals surface area contributed by atoms with Crippen LogP contribution in [0.4, 0.5) is 0 Å². The van der Waals surface area contributed by atoms with Crippen molar-refractivity contribution in [1.29, 1.82) is 0 Å². The molecule has 0 atom stereocenters. The van der Waals surface area contributed by atoms with Gasteiger partial charge < -0.3 is 9.55 Å². The molecule has 2 heterocycles. The minimum Gasteiger partial charge on any atom is -0.355 e. The number of aromatic amines is 1. The Morgan fingerprint density at radius 2 is 2.00 bits per heavy atom. The van der Waals surface area contributed by atoms with Crippen molar-refractivity contribution in [2.24, 2.45) is 0 Å². The van der Waals surface area contributed by atoms with Crippen molar-refractivity contribution in [2.45, 2.75) is 45.8 Å². The number of hydrogen-bond donors (Lipinski definition) is 1. The largest absolute Gasteiger partial charge is 0.355 e. The van der Waals surface area contributed by atoms with E-state index in [2.05, 4.69) is 9.97 Å². The van der Waals surface area contributed by atoms with Crippen molar-refractivity contribution in [3.63, 3.8) is 0 Å². The van der Waals surface area contributed by atoms with Crippen LogP contribution in [0.3, 0.4) is 0 Å². The van der Waals surface area contributed by atoms with Gasteiger partial charge in [0.05, 0.1) is 11.4 Å². The maximum atomic E-state index is 12.5. The number of Topliss-reactive ketones (excluding diaryl/α,β-unsaturated/α-hetero) is 2. The Bertz CT molecular complexity index is 849. The van der Waals surface area contributed by atoms with E-state index in [1.807, 2.05) is 18.4 Å². The average Bonchev–Trinajstić information content (AvgIpc) is 2.79. The number of nitrogens with zero attached hydrogens (tertiary/aromatic N) is 2. The lowest BCUT2D eigenvalue weighted by molar-refractivity contribution is 0.101. The van der Waals surface area contributed by atoms with Crippen molar-refractivity contribution in [3.8, 4) is 0 Å². The van der Waals surface area contributed by atoms with Gasteiger partial charge >= 0.3 is 0 Å². The van der Waals surface area contributed by atoms with Gasteiger partial charge in [-0.3, -0.25) is 14.4 Å². The number of rotatable bonds is 6. The number of aryl methyl sites for hydroxylation is 1. The van der Waals surface area contributed by atoms with Crippen molar-refractivity contribution >= 4 is 23.3 Å². The molecule has 0 amide bonds. The molecule has 0 aromatic carbocycles. The van der Waals surface area contributed by atoms with Crippen LogP contribution in [0, 0.1) is 13.8 Å². The molecule has 6 nitrogen and oxygen atoms in total. The summed E-state index contributed by atoms with van der Waals surface area (Å²) < 4.78 is 1.85. The van der Waals surface area contributed by atoms with Crippen LogP contribution in [0.2, 0.25) is 0 Å². The fourth-order valence-electron chi connectivity index (χ4n) is 2.66. The Hall–Kier alpha value is -2.15. The number of carbonyl (C=O) groups is 2. The minimum atomic E-state index is -0.326. The number of nitrogens with one attached hydrogen (secondary N) is 1. The third kappa shape index (κ3) is 3.67. The molecule has 0 fully saturated rings. The van der Waals surface area contributed by atoms with Gasteiger partial charge in [-0.15, -0.1) is 0 Å². The second kappa shape index (κ2) is 7.17. The second-order valence-electron chi connectivity index (χ2n) is 5.94. The summed E-state index contributed by atoms with van der Waals surface area (Å²) in [5.74, 6) is -0.0470. The summed E-state index contributed by atoms with van der Waals surface area (Å²) in [5.41, 5.74) is 2.06. The fourth-order valence-corrected chi connectivity index (χ4v) is 3.64. The van der Waals surface area contributed by atoms with E-state index in [-0.39, 0.29) is 28.9 Å². The van der Waals surface area contributed by atoms with Crippen LogP contribution in [0.15, 0.2) is 22.2 Å². The molecular formula is C17H21N3O3S. The Kier molecular flexibility index (Phi) is 5.43. The van der Waals surface area contributed by atoms with Crippen LogP contribution in [-0.4, -0.2) is 31.9 Å². The van der Waals surface area contributed by atoms with Gasteiger partial charge in [-0.05, 0) is 40.2 Å². The van der Waals surface area contributed by atoms with Crippen molar-refractivity contribution in [3.05, 3.63) is 45.1 Å². The molecule has 0 aliphatic rings. The lowest BCUT2D eigenvalue weighted by Crippen LogP contribution is -2.16. The highest BCUT2D eigenvalue weighted by molar-refractivity contribution is 7.99. The number of carbonyl (C=O) groups excluding carboxylic acids is 2. The number of thioether (sulfide) groups is 1. The van der Waals surface area contributed by atoms with Crippen LogP contribution in [-0.2, 0) is 0 Å². The smallest absolute Gasteiger partial charge is 0.273 e. The number of aromatic nitrogens is 3. The summed E-state index contributed by atoms with van der Waals surface area (Å²) >= 11 is 1.22. The van der Waals surface area contributed by atoms with Crippen LogP contribution in [0.1, 0.15) is 58.9 Å². The summed E-state index contributed by atoms with van der Waals surface area (Å²) in [7, 11) is 0. The molecule has 0 aliphatic carbocycles. The third-order valence-corrected chi connectivity index (χ3v) is 4.73. The van der Waals surface area contributed by atoms with E-state index < -0.39 is 0 Å². The summed E-state index contributed by atoms with van der Waals surface area (Å²) in [6.45, 7) is 9.00. The first kappa shape index (κ1) is 18.2. The quantitative estimate of drug-likeness (QED) is 0.493. The average molecular weight is 347 g/mol. The molecule has 0 saturated carbocycles. The number of H-pyrrole nitrogens is 1. The number of hydrogen-bond acceptors (Lipinski definition) is 5. The van der Waals surface area contributed by atoms with E-state index in [1.165, 1.54) is 24.8 Å². The lowest BCUT2D eigenvalue weighted by atomic mass is 10.1. The standard InChI is InChI=1S/C17H21N3O3S/c1-9(2)20-7-6-14(23)19-17(20)24-8-13(22)16-10(3)15(12(5)21)11(4)18-16/h6-7,9,18H,8H2,1-5H3. The van der Waals surface area contributed by atoms with Gasteiger partial charge in [0.2, 0.25) is 0 Å². The molecule has 2 aromatic rings. The topological polar surface area (TPSA) is 84.8 Å². The van der Waals surface area contributed by atoms with Gasteiger partial charge in [-0.25, -0.2) is 0 Å². The molecule has 0 aliphatic heterocycles. The van der Waals surface area contributed by atoms with Crippen LogP contribution in [0.25, 0.3) is 0 Å². The van der Waals surface area contributed by atoms with Gasteiger partial charge in [0, 0.05) is 29.6 Å². The van der Waals surface area contributed by atoms with Gasteiger partial charge in [0.15, 0.2) is 16.7 Å². The highest BCUT2D eigenvalue weighted by atomic mass is 32.2.